The number of nitro benzene ring substituents is 1. The molecule has 4 nitrogen and oxygen atoms in total. The Labute approximate surface area is 93.7 Å². The van der Waals surface area contributed by atoms with E-state index in [2.05, 4.69) is 4.85 Å². The first kappa shape index (κ1) is 15.2. The molecule has 0 N–H and O–H groups in total. The van der Waals surface area contributed by atoms with Gasteiger partial charge >= 0.3 is 0 Å². The number of benzene rings is 1. The van der Waals surface area contributed by atoms with Crippen molar-refractivity contribution in [3.63, 3.8) is 0 Å². The molecule has 0 atom stereocenters. The predicted octanol–water partition coefficient (Wildman–Crippen LogP) is 3.30. The third kappa shape index (κ3) is 3.21. The third-order valence-corrected chi connectivity index (χ3v) is 1.51. The van der Waals surface area contributed by atoms with Crippen LogP contribution in [0.5, 0.6) is 0 Å². The predicted molar refractivity (Wildman–Crippen MR) is 58.6 cm³/mol. The van der Waals surface area contributed by atoms with Crippen LogP contribution in [0.2, 0.25) is 0 Å². The molecular weight excluding hydrogens is 227 g/mol. The molecule has 0 aliphatic heterocycles. The van der Waals surface area contributed by atoms with Gasteiger partial charge in [0.1, 0.15) is 0 Å². The molecular formula is C8H8Cl2N2O2. The fourth-order valence-corrected chi connectivity index (χ4v) is 0.879. The van der Waals surface area contributed by atoms with Crippen molar-refractivity contribution in [2.24, 2.45) is 0 Å². The Kier molecular flexibility index (Phi) is 6.71. The first-order valence-corrected chi connectivity index (χ1v) is 3.27. The summed E-state index contributed by atoms with van der Waals surface area (Å²) in [6, 6.07) is 4.19. The highest BCUT2D eigenvalue weighted by Crippen LogP contribution is 2.23. The van der Waals surface area contributed by atoms with E-state index in [1.54, 1.807) is 6.92 Å². The second kappa shape index (κ2) is 6.19. The van der Waals surface area contributed by atoms with Gasteiger partial charge in [-0.25, -0.2) is 4.85 Å². The van der Waals surface area contributed by atoms with Crippen LogP contribution in [0, 0.1) is 23.6 Å². The van der Waals surface area contributed by atoms with Gasteiger partial charge in [-0.15, -0.1) is 24.8 Å². The van der Waals surface area contributed by atoms with Gasteiger partial charge in [-0.3, -0.25) is 10.1 Å². The molecule has 76 valence electrons. The summed E-state index contributed by atoms with van der Waals surface area (Å²) < 4.78 is 0. The molecule has 0 aliphatic carbocycles. The molecule has 1 rings (SSSR count). The average molecular weight is 235 g/mol. The maximum atomic E-state index is 10.3. The molecule has 0 bridgehead atoms. The summed E-state index contributed by atoms with van der Waals surface area (Å²) in [7, 11) is 0. The van der Waals surface area contributed by atoms with Crippen LogP contribution in [0.4, 0.5) is 11.4 Å². The van der Waals surface area contributed by atoms with Crippen molar-refractivity contribution in [1.82, 2.24) is 0 Å². The molecule has 0 saturated carbocycles. The first-order valence-electron chi connectivity index (χ1n) is 3.27. The second-order valence-corrected chi connectivity index (χ2v) is 2.34. The zero-order valence-electron chi connectivity index (χ0n) is 7.26. The molecule has 0 aromatic heterocycles. The van der Waals surface area contributed by atoms with E-state index >= 15 is 0 Å². The van der Waals surface area contributed by atoms with Crippen LogP contribution in [0.15, 0.2) is 18.2 Å². The fourth-order valence-electron chi connectivity index (χ4n) is 0.879. The van der Waals surface area contributed by atoms with Crippen molar-refractivity contribution in [1.29, 1.82) is 0 Å². The normalized spacial score (nSPS) is 7.71. The molecule has 14 heavy (non-hydrogen) atoms. The summed E-state index contributed by atoms with van der Waals surface area (Å²) in [5.41, 5.74) is 1.12. The maximum absolute atomic E-state index is 10.3. The van der Waals surface area contributed by atoms with Gasteiger partial charge in [0.05, 0.1) is 11.5 Å². The van der Waals surface area contributed by atoms with E-state index in [1.807, 2.05) is 0 Å². The van der Waals surface area contributed by atoms with Crippen molar-refractivity contribution < 1.29 is 4.92 Å². The smallest absolute Gasteiger partial charge is 0.258 e. The number of aryl methyl sites for hydroxylation is 1. The van der Waals surface area contributed by atoms with E-state index in [0.717, 1.165) is 0 Å². The summed E-state index contributed by atoms with van der Waals surface area (Å²) in [5, 5.41) is 10.3. The number of nitrogens with zero attached hydrogens (tertiary/aromatic N) is 2. The molecule has 0 aliphatic rings. The van der Waals surface area contributed by atoms with Crippen LogP contribution in [-0.2, 0) is 0 Å². The average Bonchev–Trinajstić information content (AvgIpc) is 2.04. The number of hydrogen-bond donors (Lipinski definition) is 0. The van der Waals surface area contributed by atoms with E-state index < -0.39 is 4.92 Å². The molecule has 0 saturated heterocycles. The molecule has 0 radical (unpaired) electrons. The highest BCUT2D eigenvalue weighted by Gasteiger charge is 2.06. The number of rotatable bonds is 1. The van der Waals surface area contributed by atoms with E-state index in [4.69, 9.17) is 6.57 Å². The van der Waals surface area contributed by atoms with Gasteiger partial charge < -0.3 is 0 Å². The summed E-state index contributed by atoms with van der Waals surface area (Å²) in [5.74, 6) is 0. The minimum Gasteiger partial charge on any atom is -0.258 e. The van der Waals surface area contributed by atoms with Crippen LogP contribution < -0.4 is 0 Å². The lowest BCUT2D eigenvalue weighted by atomic mass is 10.2. The van der Waals surface area contributed by atoms with Crippen molar-refractivity contribution >= 4 is 36.2 Å². The minimum atomic E-state index is -0.472. The number of non-ortho nitro benzene ring substituents is 1. The third-order valence-electron chi connectivity index (χ3n) is 1.51. The lowest BCUT2D eigenvalue weighted by Crippen LogP contribution is -1.87. The summed E-state index contributed by atoms with van der Waals surface area (Å²) >= 11 is 0. The van der Waals surface area contributed by atoms with Crippen LogP contribution in [0.1, 0.15) is 5.56 Å². The van der Waals surface area contributed by atoms with Gasteiger partial charge in [-0.05, 0) is 18.6 Å². The standard InChI is InChI=1S/C8H6N2O2.2ClH/c1-6-5-7(10(11)12)3-4-8(6)9-2;;/h3-5H,1H3;2*1H. The van der Waals surface area contributed by atoms with Crippen LogP contribution >= 0.6 is 24.8 Å². The Balaban J connectivity index is 0. The van der Waals surface area contributed by atoms with Crippen LogP contribution in [0.25, 0.3) is 4.85 Å². The maximum Gasteiger partial charge on any atom is 0.267 e. The van der Waals surface area contributed by atoms with Gasteiger partial charge in [0.25, 0.3) is 5.69 Å². The highest BCUT2D eigenvalue weighted by molar-refractivity contribution is 5.85. The summed E-state index contributed by atoms with van der Waals surface area (Å²) in [4.78, 5) is 13.0. The zero-order valence-corrected chi connectivity index (χ0v) is 8.89. The molecule has 0 fully saturated rings. The highest BCUT2D eigenvalue weighted by atomic mass is 35.5. The van der Waals surface area contributed by atoms with Crippen molar-refractivity contribution in [3.8, 4) is 0 Å². The summed E-state index contributed by atoms with van der Waals surface area (Å²) in [6.45, 7) is 8.40. The van der Waals surface area contributed by atoms with Gasteiger partial charge in [0.2, 0.25) is 0 Å². The fraction of sp³-hybridized carbons (Fsp3) is 0.125. The van der Waals surface area contributed by atoms with E-state index in [9.17, 15) is 10.1 Å². The summed E-state index contributed by atoms with van der Waals surface area (Å²) in [6.07, 6.45) is 0. The van der Waals surface area contributed by atoms with Crippen molar-refractivity contribution in [2.75, 3.05) is 0 Å². The van der Waals surface area contributed by atoms with Crippen molar-refractivity contribution in [2.45, 2.75) is 6.92 Å². The number of halogens is 2. The Morgan fingerprint density at radius 3 is 2.36 bits per heavy atom. The quantitative estimate of drug-likeness (QED) is 0.426. The Hall–Kier alpha value is -1.31. The lowest BCUT2D eigenvalue weighted by Gasteiger charge is -1.95. The van der Waals surface area contributed by atoms with Gasteiger partial charge in [-0.2, -0.15) is 0 Å². The molecule has 0 amide bonds. The van der Waals surface area contributed by atoms with E-state index in [1.165, 1.54) is 18.2 Å². The monoisotopic (exact) mass is 234 g/mol. The first-order chi connectivity index (χ1) is 5.65. The largest absolute Gasteiger partial charge is 0.267 e. The number of hydrogen-bond acceptors (Lipinski definition) is 2. The van der Waals surface area contributed by atoms with Gasteiger partial charge in [0.15, 0.2) is 5.69 Å². The second-order valence-electron chi connectivity index (χ2n) is 2.34. The zero-order chi connectivity index (χ0) is 9.14. The molecule has 1 aromatic carbocycles. The molecule has 0 unspecified atom stereocenters. The minimum absolute atomic E-state index is 0. The van der Waals surface area contributed by atoms with Gasteiger partial charge in [0, 0.05) is 12.1 Å². The van der Waals surface area contributed by atoms with Gasteiger partial charge in [-0.1, -0.05) is 0 Å². The van der Waals surface area contributed by atoms with Crippen LogP contribution in [-0.4, -0.2) is 4.92 Å². The molecule has 6 heteroatoms. The topological polar surface area (TPSA) is 47.5 Å². The Bertz CT molecular complexity index is 374. The van der Waals surface area contributed by atoms with E-state index in [-0.39, 0.29) is 30.5 Å². The van der Waals surface area contributed by atoms with Crippen molar-refractivity contribution in [3.05, 3.63) is 45.3 Å². The lowest BCUT2D eigenvalue weighted by molar-refractivity contribution is -0.384. The molecule has 0 spiro atoms. The number of nitro groups is 1. The van der Waals surface area contributed by atoms with E-state index in [0.29, 0.717) is 11.3 Å². The van der Waals surface area contributed by atoms with Crippen LogP contribution in [0.3, 0.4) is 0 Å². The Morgan fingerprint density at radius 2 is 2.00 bits per heavy atom. The SMILES string of the molecule is Cl.Cl.[C-]#[N+]c1ccc([N+](=O)[O-])cc1C. The molecule has 1 aromatic rings. The Morgan fingerprint density at radius 1 is 1.43 bits per heavy atom. The molecule has 0 heterocycles.